The van der Waals surface area contributed by atoms with Gasteiger partial charge < -0.3 is 0 Å². The van der Waals surface area contributed by atoms with Crippen LogP contribution in [0.1, 0.15) is 0 Å². The van der Waals surface area contributed by atoms with Crippen molar-refractivity contribution < 1.29 is 0 Å². The minimum absolute atomic E-state index is 0.981. The Labute approximate surface area is 56.2 Å². The van der Waals surface area contributed by atoms with E-state index in [9.17, 15) is 0 Å². The molecule has 0 bridgehead atoms. The summed E-state index contributed by atoms with van der Waals surface area (Å²) in [4.78, 5) is 7.91. The Morgan fingerprint density at radius 3 is 3.44 bits per heavy atom. The second kappa shape index (κ2) is 1.77. The molecule has 0 saturated heterocycles. The number of rotatable bonds is 0. The molecule has 0 amide bonds. The SMILES string of the molecule is [c]1nc2ccncc2s1. The van der Waals surface area contributed by atoms with Crippen molar-refractivity contribution in [1.29, 1.82) is 0 Å². The van der Waals surface area contributed by atoms with Gasteiger partial charge in [0.15, 0.2) is 5.51 Å². The molecule has 0 aromatic carbocycles. The molecule has 9 heavy (non-hydrogen) atoms. The number of fused-ring (bicyclic) bond motifs is 1. The second-order valence-electron chi connectivity index (χ2n) is 1.65. The van der Waals surface area contributed by atoms with Crippen LogP contribution in [0.5, 0.6) is 0 Å². The van der Waals surface area contributed by atoms with Gasteiger partial charge in [0.05, 0.1) is 10.2 Å². The zero-order valence-corrected chi connectivity index (χ0v) is 5.35. The molecular formula is C6H3N2S. The first-order valence-corrected chi connectivity index (χ1v) is 3.35. The standard InChI is InChI=1S/C6H3N2S/c1-2-7-3-6-5(1)8-4-9-6/h1-3H. The largest absolute Gasteiger partial charge is 0.263 e. The van der Waals surface area contributed by atoms with Crippen LogP contribution in [0.25, 0.3) is 10.2 Å². The molecule has 0 aliphatic carbocycles. The lowest BCUT2D eigenvalue weighted by molar-refractivity contribution is 1.35. The molecule has 2 rings (SSSR count). The Hall–Kier alpha value is -0.960. The van der Waals surface area contributed by atoms with E-state index in [1.165, 1.54) is 11.3 Å². The highest BCUT2D eigenvalue weighted by Crippen LogP contribution is 2.13. The molecule has 0 aliphatic heterocycles. The lowest BCUT2D eigenvalue weighted by atomic mass is 10.5. The van der Waals surface area contributed by atoms with Gasteiger partial charge in [0.25, 0.3) is 0 Å². The van der Waals surface area contributed by atoms with Crippen LogP contribution in [-0.4, -0.2) is 9.97 Å². The van der Waals surface area contributed by atoms with Crippen molar-refractivity contribution >= 4 is 21.6 Å². The molecule has 0 fully saturated rings. The van der Waals surface area contributed by atoms with Crippen LogP contribution in [-0.2, 0) is 0 Å². The normalized spacial score (nSPS) is 10.2. The van der Waals surface area contributed by atoms with Gasteiger partial charge in [-0.1, -0.05) is 0 Å². The first-order valence-electron chi connectivity index (χ1n) is 2.53. The molecule has 1 radical (unpaired) electrons. The van der Waals surface area contributed by atoms with Crippen LogP contribution in [0, 0.1) is 5.51 Å². The van der Waals surface area contributed by atoms with Gasteiger partial charge in [-0.25, -0.2) is 4.98 Å². The molecule has 0 unspecified atom stereocenters. The predicted molar refractivity (Wildman–Crippen MR) is 36.3 cm³/mol. The van der Waals surface area contributed by atoms with Gasteiger partial charge in [-0.3, -0.25) is 4.98 Å². The monoisotopic (exact) mass is 135 g/mol. The third-order valence-electron chi connectivity index (χ3n) is 1.08. The van der Waals surface area contributed by atoms with Crippen molar-refractivity contribution in [3.63, 3.8) is 0 Å². The molecular weight excluding hydrogens is 132 g/mol. The molecule has 43 valence electrons. The Kier molecular flexibility index (Phi) is 0.960. The third kappa shape index (κ3) is 0.695. The number of hydrogen-bond donors (Lipinski definition) is 0. The first-order chi connectivity index (χ1) is 4.47. The maximum absolute atomic E-state index is 3.97. The summed E-state index contributed by atoms with van der Waals surface area (Å²) in [6.07, 6.45) is 3.53. The molecule has 0 N–H and O–H groups in total. The van der Waals surface area contributed by atoms with Crippen molar-refractivity contribution in [2.75, 3.05) is 0 Å². The third-order valence-corrected chi connectivity index (χ3v) is 1.80. The van der Waals surface area contributed by atoms with E-state index in [4.69, 9.17) is 0 Å². The zero-order valence-electron chi connectivity index (χ0n) is 4.53. The van der Waals surface area contributed by atoms with E-state index in [1.807, 2.05) is 6.07 Å². The maximum Gasteiger partial charge on any atom is 0.153 e. The van der Waals surface area contributed by atoms with Crippen LogP contribution in [0.3, 0.4) is 0 Å². The van der Waals surface area contributed by atoms with Crippen molar-refractivity contribution in [2.24, 2.45) is 0 Å². The van der Waals surface area contributed by atoms with Gasteiger partial charge in [0.2, 0.25) is 0 Å². The zero-order chi connectivity index (χ0) is 6.10. The molecule has 0 aliphatic rings. The van der Waals surface area contributed by atoms with E-state index >= 15 is 0 Å². The number of nitrogens with zero attached hydrogens (tertiary/aromatic N) is 2. The Morgan fingerprint density at radius 2 is 2.56 bits per heavy atom. The van der Waals surface area contributed by atoms with Gasteiger partial charge in [-0.05, 0) is 6.07 Å². The fraction of sp³-hybridized carbons (Fsp3) is 0. The smallest absolute Gasteiger partial charge is 0.153 e. The lowest BCUT2D eigenvalue weighted by Crippen LogP contribution is -1.67. The van der Waals surface area contributed by atoms with Crippen LogP contribution >= 0.6 is 11.3 Å². The molecule has 2 nitrogen and oxygen atoms in total. The van der Waals surface area contributed by atoms with Crippen LogP contribution in [0.4, 0.5) is 0 Å². The van der Waals surface area contributed by atoms with Gasteiger partial charge in [0.1, 0.15) is 0 Å². The predicted octanol–water partition coefficient (Wildman–Crippen LogP) is 1.49. The van der Waals surface area contributed by atoms with Crippen LogP contribution in [0.2, 0.25) is 0 Å². The summed E-state index contributed by atoms with van der Waals surface area (Å²) in [7, 11) is 0. The highest BCUT2D eigenvalue weighted by molar-refractivity contribution is 7.16. The summed E-state index contributed by atoms with van der Waals surface area (Å²) in [5.41, 5.74) is 3.77. The minimum Gasteiger partial charge on any atom is -0.263 e. The molecule has 2 aromatic rings. The average Bonchev–Trinajstić information content (AvgIpc) is 2.33. The second-order valence-corrected chi connectivity index (χ2v) is 2.48. The fourth-order valence-electron chi connectivity index (χ4n) is 0.665. The van der Waals surface area contributed by atoms with Crippen molar-refractivity contribution in [2.45, 2.75) is 0 Å². The quantitative estimate of drug-likeness (QED) is 0.547. The summed E-state index contributed by atoms with van der Waals surface area (Å²) < 4.78 is 1.09. The van der Waals surface area contributed by atoms with E-state index in [-0.39, 0.29) is 0 Å². The van der Waals surface area contributed by atoms with E-state index < -0.39 is 0 Å². The first kappa shape index (κ1) is 4.88. The average molecular weight is 135 g/mol. The summed E-state index contributed by atoms with van der Waals surface area (Å²) in [6, 6.07) is 1.88. The summed E-state index contributed by atoms with van der Waals surface area (Å²) in [5, 5.41) is 0. The molecule has 0 spiro atoms. The number of hydrogen-bond acceptors (Lipinski definition) is 3. The fourth-order valence-corrected chi connectivity index (χ4v) is 1.24. The highest BCUT2D eigenvalue weighted by atomic mass is 32.1. The van der Waals surface area contributed by atoms with E-state index in [2.05, 4.69) is 15.5 Å². The minimum atomic E-state index is 0.981. The van der Waals surface area contributed by atoms with Crippen LogP contribution in [0.15, 0.2) is 18.5 Å². The highest BCUT2D eigenvalue weighted by Gasteiger charge is 1.91. The molecule has 2 aromatic heterocycles. The van der Waals surface area contributed by atoms with Gasteiger partial charge >= 0.3 is 0 Å². The maximum atomic E-state index is 3.97. The number of pyridine rings is 1. The van der Waals surface area contributed by atoms with Gasteiger partial charge in [0, 0.05) is 12.4 Å². The Morgan fingerprint density at radius 1 is 1.56 bits per heavy atom. The number of thiazole rings is 1. The van der Waals surface area contributed by atoms with E-state index in [1.54, 1.807) is 12.4 Å². The molecule has 0 saturated carbocycles. The van der Waals surface area contributed by atoms with E-state index in [0.717, 1.165) is 10.2 Å². The van der Waals surface area contributed by atoms with Crippen molar-refractivity contribution in [3.05, 3.63) is 24.0 Å². The summed E-state index contributed by atoms with van der Waals surface area (Å²) >= 11 is 1.49. The van der Waals surface area contributed by atoms with Crippen LogP contribution < -0.4 is 0 Å². The van der Waals surface area contributed by atoms with Gasteiger partial charge in [-0.15, -0.1) is 11.3 Å². The Bertz CT molecular complexity index is 285. The lowest BCUT2D eigenvalue weighted by Gasteiger charge is -1.79. The van der Waals surface area contributed by atoms with Gasteiger partial charge in [-0.2, -0.15) is 0 Å². The Balaban J connectivity index is 2.95. The summed E-state index contributed by atoms with van der Waals surface area (Å²) in [5.74, 6) is 0. The number of aromatic nitrogens is 2. The van der Waals surface area contributed by atoms with Crippen molar-refractivity contribution in [3.8, 4) is 0 Å². The molecule has 0 atom stereocenters. The molecule has 3 heteroatoms. The van der Waals surface area contributed by atoms with Crippen molar-refractivity contribution in [1.82, 2.24) is 9.97 Å². The topological polar surface area (TPSA) is 25.8 Å². The summed E-state index contributed by atoms with van der Waals surface area (Å²) in [6.45, 7) is 0. The molecule has 2 heterocycles. The van der Waals surface area contributed by atoms with E-state index in [0.29, 0.717) is 0 Å².